The molecule has 1 aromatic carbocycles. The quantitative estimate of drug-likeness (QED) is 0.881. The van der Waals surface area contributed by atoms with E-state index in [0.717, 1.165) is 16.5 Å². The normalized spacial score (nSPS) is 12.7. The second kappa shape index (κ2) is 5.91. The maximum absolute atomic E-state index is 13.2. The highest BCUT2D eigenvalue weighted by atomic mass is 79.9. The lowest BCUT2D eigenvalue weighted by Crippen LogP contribution is -2.18. The molecule has 5 heteroatoms. The molecule has 18 heavy (non-hydrogen) atoms. The van der Waals surface area contributed by atoms with Crippen molar-refractivity contribution in [3.8, 4) is 0 Å². The van der Waals surface area contributed by atoms with Crippen molar-refractivity contribution >= 4 is 27.3 Å². The largest absolute Gasteiger partial charge is 0.313 e. The number of halogens is 3. The van der Waals surface area contributed by atoms with Crippen molar-refractivity contribution in [1.29, 1.82) is 0 Å². The molecule has 2 aromatic rings. The van der Waals surface area contributed by atoms with Gasteiger partial charge in [0.25, 0.3) is 0 Å². The smallest absolute Gasteiger partial charge is 0.159 e. The predicted molar refractivity (Wildman–Crippen MR) is 73.9 cm³/mol. The van der Waals surface area contributed by atoms with Crippen molar-refractivity contribution in [1.82, 2.24) is 5.32 Å². The van der Waals surface area contributed by atoms with Crippen molar-refractivity contribution in [3.63, 3.8) is 0 Å². The Morgan fingerprint density at radius 3 is 2.61 bits per heavy atom. The van der Waals surface area contributed by atoms with Gasteiger partial charge < -0.3 is 5.32 Å². The van der Waals surface area contributed by atoms with Gasteiger partial charge in [0, 0.05) is 27.2 Å². The monoisotopic (exact) mass is 331 g/mol. The van der Waals surface area contributed by atoms with Gasteiger partial charge in [-0.2, -0.15) is 0 Å². The van der Waals surface area contributed by atoms with Crippen LogP contribution < -0.4 is 5.32 Å². The highest BCUT2D eigenvalue weighted by Gasteiger charge is 2.13. The van der Waals surface area contributed by atoms with Crippen molar-refractivity contribution in [2.24, 2.45) is 0 Å². The number of nitrogens with one attached hydrogen (secondary N) is 1. The van der Waals surface area contributed by atoms with Gasteiger partial charge in [-0.3, -0.25) is 0 Å². The van der Waals surface area contributed by atoms with Gasteiger partial charge in [0.15, 0.2) is 11.6 Å². The van der Waals surface area contributed by atoms with Crippen molar-refractivity contribution in [2.45, 2.75) is 12.5 Å². The predicted octanol–water partition coefficient (Wildman–Crippen LogP) is 4.29. The van der Waals surface area contributed by atoms with Crippen LogP contribution in [0.4, 0.5) is 8.78 Å². The second-order valence-electron chi connectivity index (χ2n) is 3.95. The number of benzene rings is 1. The Hall–Kier alpha value is -0.780. The van der Waals surface area contributed by atoms with Crippen LogP contribution in [-0.2, 0) is 6.42 Å². The van der Waals surface area contributed by atoms with Crippen LogP contribution in [0.2, 0.25) is 0 Å². The lowest BCUT2D eigenvalue weighted by Gasteiger charge is -2.16. The molecule has 0 saturated carbocycles. The number of rotatable bonds is 4. The van der Waals surface area contributed by atoms with Crippen molar-refractivity contribution in [2.75, 3.05) is 7.05 Å². The van der Waals surface area contributed by atoms with Crippen molar-refractivity contribution in [3.05, 3.63) is 56.2 Å². The summed E-state index contributed by atoms with van der Waals surface area (Å²) < 4.78 is 27.2. The van der Waals surface area contributed by atoms with E-state index < -0.39 is 11.6 Å². The minimum absolute atomic E-state index is 0.0225. The third-order valence-corrected chi connectivity index (χ3v) is 4.44. The van der Waals surface area contributed by atoms with Crippen LogP contribution in [0.25, 0.3) is 0 Å². The molecule has 1 N–H and O–H groups in total. The summed E-state index contributed by atoms with van der Waals surface area (Å²) in [6.07, 6.45) is 0.748. The van der Waals surface area contributed by atoms with Crippen molar-refractivity contribution < 1.29 is 8.78 Å². The highest BCUT2D eigenvalue weighted by molar-refractivity contribution is 9.10. The molecule has 0 saturated heterocycles. The van der Waals surface area contributed by atoms with E-state index in [9.17, 15) is 8.78 Å². The molecule has 0 spiro atoms. The summed E-state index contributed by atoms with van der Waals surface area (Å²) in [6.45, 7) is 0. The summed E-state index contributed by atoms with van der Waals surface area (Å²) in [5.41, 5.74) is 0.751. The van der Waals surface area contributed by atoms with Gasteiger partial charge in [-0.1, -0.05) is 6.07 Å². The van der Waals surface area contributed by atoms with E-state index in [4.69, 9.17) is 0 Å². The van der Waals surface area contributed by atoms with Crippen LogP contribution >= 0.6 is 27.3 Å². The summed E-state index contributed by atoms with van der Waals surface area (Å²) in [5.74, 6) is -1.62. The molecule has 0 aliphatic heterocycles. The van der Waals surface area contributed by atoms with Gasteiger partial charge in [-0.15, -0.1) is 11.3 Å². The third-order valence-electron chi connectivity index (χ3n) is 2.72. The fourth-order valence-corrected chi connectivity index (χ4v) is 3.28. The molecule has 0 aliphatic carbocycles. The Morgan fingerprint density at radius 2 is 2.06 bits per heavy atom. The fourth-order valence-electron chi connectivity index (χ4n) is 1.78. The first-order valence-electron chi connectivity index (χ1n) is 5.45. The zero-order valence-corrected chi connectivity index (χ0v) is 12.1. The Balaban J connectivity index is 2.19. The van der Waals surface area contributed by atoms with E-state index in [-0.39, 0.29) is 6.04 Å². The third kappa shape index (κ3) is 3.16. The molecule has 1 nitrogen and oxygen atoms in total. The number of thiophene rings is 1. The number of hydrogen-bond donors (Lipinski definition) is 1. The molecule has 0 radical (unpaired) electrons. The Bertz CT molecular complexity index is 542. The van der Waals surface area contributed by atoms with Crippen LogP contribution in [0, 0.1) is 11.6 Å². The highest BCUT2D eigenvalue weighted by Crippen LogP contribution is 2.26. The summed E-state index contributed by atoms with van der Waals surface area (Å²) in [7, 11) is 1.81. The molecule has 0 bridgehead atoms. The van der Waals surface area contributed by atoms with Crippen LogP contribution in [0.1, 0.15) is 16.5 Å². The molecule has 1 atom stereocenters. The maximum Gasteiger partial charge on any atom is 0.159 e. The minimum atomic E-state index is -0.813. The SMILES string of the molecule is CNC(Cc1cc(Br)cs1)c1ccc(F)c(F)c1. The van der Waals surface area contributed by atoms with E-state index in [1.165, 1.54) is 17.0 Å². The molecule has 0 aliphatic rings. The van der Waals surface area contributed by atoms with E-state index in [1.807, 2.05) is 18.5 Å². The van der Waals surface area contributed by atoms with Crippen LogP contribution in [0.5, 0.6) is 0 Å². The van der Waals surface area contributed by atoms with E-state index in [2.05, 4.69) is 21.2 Å². The Morgan fingerprint density at radius 1 is 1.28 bits per heavy atom. The summed E-state index contributed by atoms with van der Waals surface area (Å²) in [5, 5.41) is 5.13. The topological polar surface area (TPSA) is 12.0 Å². The van der Waals surface area contributed by atoms with Crippen LogP contribution in [0.15, 0.2) is 34.1 Å². The summed E-state index contributed by atoms with van der Waals surface area (Å²) in [4.78, 5) is 1.19. The molecule has 0 amide bonds. The lowest BCUT2D eigenvalue weighted by molar-refractivity contribution is 0.501. The fraction of sp³-hybridized carbons (Fsp3) is 0.231. The van der Waals surface area contributed by atoms with Crippen LogP contribution in [0.3, 0.4) is 0 Å². The lowest BCUT2D eigenvalue weighted by atomic mass is 10.0. The molecule has 0 fully saturated rings. The van der Waals surface area contributed by atoms with Crippen LogP contribution in [-0.4, -0.2) is 7.05 Å². The van der Waals surface area contributed by atoms with E-state index in [1.54, 1.807) is 17.4 Å². The molecular weight excluding hydrogens is 320 g/mol. The molecule has 1 aromatic heterocycles. The molecule has 96 valence electrons. The van der Waals surface area contributed by atoms with E-state index in [0.29, 0.717) is 0 Å². The zero-order chi connectivity index (χ0) is 13.1. The minimum Gasteiger partial charge on any atom is -0.313 e. The zero-order valence-electron chi connectivity index (χ0n) is 9.71. The second-order valence-corrected chi connectivity index (χ2v) is 5.86. The summed E-state index contributed by atoms with van der Waals surface area (Å²) in [6, 6.07) is 6.04. The van der Waals surface area contributed by atoms with Gasteiger partial charge in [-0.05, 0) is 46.7 Å². The first-order valence-corrected chi connectivity index (χ1v) is 7.12. The van der Waals surface area contributed by atoms with E-state index >= 15 is 0 Å². The molecular formula is C13H12BrF2NS. The summed E-state index contributed by atoms with van der Waals surface area (Å²) >= 11 is 5.04. The molecule has 2 rings (SSSR count). The number of likely N-dealkylation sites (N-methyl/N-ethyl adjacent to an activating group) is 1. The first-order chi connectivity index (χ1) is 8.60. The average Bonchev–Trinajstić information content (AvgIpc) is 2.75. The molecule has 1 unspecified atom stereocenters. The van der Waals surface area contributed by atoms with Gasteiger partial charge in [0.1, 0.15) is 0 Å². The van der Waals surface area contributed by atoms with Gasteiger partial charge >= 0.3 is 0 Å². The standard InChI is InChI=1S/C13H12BrF2NS/c1-17-13(6-10-5-9(14)7-18-10)8-2-3-11(15)12(16)4-8/h2-5,7,13,17H,6H2,1H3. The van der Waals surface area contributed by atoms with Gasteiger partial charge in [-0.25, -0.2) is 8.78 Å². The Kier molecular flexibility index (Phi) is 4.48. The molecule has 1 heterocycles. The Labute approximate surface area is 117 Å². The average molecular weight is 332 g/mol. The van der Waals surface area contributed by atoms with Gasteiger partial charge in [0.2, 0.25) is 0 Å². The number of hydrogen-bond acceptors (Lipinski definition) is 2. The first kappa shape index (κ1) is 13.6. The maximum atomic E-state index is 13.2. The van der Waals surface area contributed by atoms with Gasteiger partial charge in [0.05, 0.1) is 0 Å².